The second kappa shape index (κ2) is 7.66. The number of likely N-dealkylation sites (N-methyl/N-ethyl adjacent to an activating group) is 1. The number of benzene rings is 1. The molecule has 0 amide bonds. The van der Waals surface area contributed by atoms with Crippen molar-refractivity contribution in [3.63, 3.8) is 0 Å². The monoisotopic (exact) mass is 302 g/mol. The van der Waals surface area contributed by atoms with Crippen molar-refractivity contribution in [1.29, 1.82) is 0 Å². The van der Waals surface area contributed by atoms with E-state index in [-0.39, 0.29) is 6.61 Å². The number of nitrogens with zero attached hydrogens (tertiary/aromatic N) is 1. The molecule has 3 N–H and O–H groups in total. The van der Waals surface area contributed by atoms with Gasteiger partial charge >= 0.3 is 0 Å². The fraction of sp³-hybridized carbons (Fsp3) is 0.500. The fourth-order valence-electron chi connectivity index (χ4n) is 1.55. The summed E-state index contributed by atoms with van der Waals surface area (Å²) in [6.07, 6.45) is 0. The van der Waals surface area contributed by atoms with E-state index in [1.54, 1.807) is 0 Å². The number of ether oxygens (including phenoxy) is 1. The fourth-order valence-corrected chi connectivity index (χ4v) is 1.90. The first-order valence-corrected chi connectivity index (χ1v) is 6.36. The zero-order chi connectivity index (χ0) is 12.7. The SMILES string of the molecule is CN(CCOCCO)c1cc(Br)ccc1CN. The van der Waals surface area contributed by atoms with Crippen LogP contribution in [0.3, 0.4) is 0 Å². The molecule has 17 heavy (non-hydrogen) atoms. The van der Waals surface area contributed by atoms with Crippen LogP contribution in [0.1, 0.15) is 5.56 Å². The van der Waals surface area contributed by atoms with Gasteiger partial charge < -0.3 is 20.5 Å². The van der Waals surface area contributed by atoms with Gasteiger partial charge in [0.05, 0.1) is 19.8 Å². The molecule has 0 bridgehead atoms. The summed E-state index contributed by atoms with van der Waals surface area (Å²) < 4.78 is 6.28. The number of anilines is 1. The Balaban J connectivity index is 2.60. The lowest BCUT2D eigenvalue weighted by molar-refractivity contribution is 0.0971. The molecule has 0 atom stereocenters. The van der Waals surface area contributed by atoms with Gasteiger partial charge in [-0.1, -0.05) is 22.0 Å². The number of halogens is 1. The normalized spacial score (nSPS) is 10.6. The van der Waals surface area contributed by atoms with Crippen molar-refractivity contribution in [2.75, 3.05) is 38.3 Å². The maximum atomic E-state index is 8.61. The van der Waals surface area contributed by atoms with Crippen LogP contribution in [0.2, 0.25) is 0 Å². The van der Waals surface area contributed by atoms with Crippen molar-refractivity contribution in [2.45, 2.75) is 6.54 Å². The van der Waals surface area contributed by atoms with Crippen LogP contribution >= 0.6 is 15.9 Å². The molecule has 0 radical (unpaired) electrons. The molecule has 0 spiro atoms. The zero-order valence-corrected chi connectivity index (χ0v) is 11.6. The summed E-state index contributed by atoms with van der Waals surface area (Å²) >= 11 is 3.46. The van der Waals surface area contributed by atoms with E-state index in [0.29, 0.717) is 19.8 Å². The molecule has 0 aromatic heterocycles. The molecule has 1 aromatic rings. The first-order chi connectivity index (χ1) is 8.19. The Bertz CT molecular complexity index is 347. The minimum atomic E-state index is 0.0641. The summed E-state index contributed by atoms with van der Waals surface area (Å²) in [5.74, 6) is 0. The van der Waals surface area contributed by atoms with Crippen molar-refractivity contribution in [3.05, 3.63) is 28.2 Å². The highest BCUT2D eigenvalue weighted by molar-refractivity contribution is 9.10. The van der Waals surface area contributed by atoms with Crippen molar-refractivity contribution in [2.24, 2.45) is 5.73 Å². The van der Waals surface area contributed by atoms with E-state index in [1.165, 1.54) is 0 Å². The molecule has 0 aliphatic rings. The van der Waals surface area contributed by atoms with Crippen LogP contribution in [0.25, 0.3) is 0 Å². The van der Waals surface area contributed by atoms with Gasteiger partial charge in [-0.3, -0.25) is 0 Å². The van der Waals surface area contributed by atoms with Gasteiger partial charge in [-0.25, -0.2) is 0 Å². The molecule has 5 heteroatoms. The lowest BCUT2D eigenvalue weighted by Crippen LogP contribution is -2.24. The maximum Gasteiger partial charge on any atom is 0.0698 e. The number of hydrogen-bond donors (Lipinski definition) is 2. The topological polar surface area (TPSA) is 58.7 Å². The minimum absolute atomic E-state index is 0.0641. The maximum absolute atomic E-state index is 8.61. The number of nitrogens with two attached hydrogens (primary N) is 1. The molecular weight excluding hydrogens is 284 g/mol. The lowest BCUT2D eigenvalue weighted by atomic mass is 10.1. The van der Waals surface area contributed by atoms with Gasteiger partial charge in [-0.15, -0.1) is 0 Å². The molecule has 0 fully saturated rings. The molecule has 0 heterocycles. The van der Waals surface area contributed by atoms with Gasteiger partial charge in [-0.2, -0.15) is 0 Å². The lowest BCUT2D eigenvalue weighted by Gasteiger charge is -2.22. The third-order valence-electron chi connectivity index (χ3n) is 2.49. The average Bonchev–Trinajstić information content (AvgIpc) is 2.34. The Kier molecular flexibility index (Phi) is 6.50. The van der Waals surface area contributed by atoms with Gasteiger partial charge in [-0.05, 0) is 17.7 Å². The minimum Gasteiger partial charge on any atom is -0.394 e. The van der Waals surface area contributed by atoms with Crippen molar-refractivity contribution in [1.82, 2.24) is 0 Å². The van der Waals surface area contributed by atoms with Crippen LogP contribution in [-0.2, 0) is 11.3 Å². The highest BCUT2D eigenvalue weighted by Gasteiger charge is 2.07. The molecule has 96 valence electrons. The van der Waals surface area contributed by atoms with E-state index in [2.05, 4.69) is 20.8 Å². The smallest absolute Gasteiger partial charge is 0.0698 e. The summed E-state index contributed by atoms with van der Waals surface area (Å²) in [5.41, 5.74) is 7.92. The number of hydrogen-bond acceptors (Lipinski definition) is 4. The largest absolute Gasteiger partial charge is 0.394 e. The summed E-state index contributed by atoms with van der Waals surface area (Å²) in [7, 11) is 2.00. The first-order valence-electron chi connectivity index (χ1n) is 5.57. The Morgan fingerprint density at radius 3 is 2.82 bits per heavy atom. The van der Waals surface area contributed by atoms with Crippen molar-refractivity contribution < 1.29 is 9.84 Å². The van der Waals surface area contributed by atoms with Crippen LogP contribution in [0.15, 0.2) is 22.7 Å². The van der Waals surface area contributed by atoms with E-state index in [4.69, 9.17) is 15.6 Å². The number of aliphatic hydroxyl groups is 1. The van der Waals surface area contributed by atoms with Crippen molar-refractivity contribution >= 4 is 21.6 Å². The van der Waals surface area contributed by atoms with Gasteiger partial charge in [0.25, 0.3) is 0 Å². The third-order valence-corrected chi connectivity index (χ3v) is 2.98. The molecule has 0 saturated carbocycles. The number of aliphatic hydroxyl groups excluding tert-OH is 1. The summed E-state index contributed by atoms with van der Waals surface area (Å²) in [5, 5.41) is 8.61. The molecule has 4 nitrogen and oxygen atoms in total. The molecule has 1 aromatic carbocycles. The quantitative estimate of drug-likeness (QED) is 0.747. The summed E-state index contributed by atoms with van der Waals surface area (Å²) in [4.78, 5) is 2.10. The van der Waals surface area contributed by atoms with Crippen LogP contribution in [0.5, 0.6) is 0 Å². The van der Waals surface area contributed by atoms with Crippen LogP contribution < -0.4 is 10.6 Å². The molecule has 0 saturated heterocycles. The van der Waals surface area contributed by atoms with Gasteiger partial charge in [0, 0.05) is 30.3 Å². The predicted molar refractivity (Wildman–Crippen MR) is 73.2 cm³/mol. The highest BCUT2D eigenvalue weighted by atomic mass is 79.9. The Morgan fingerprint density at radius 2 is 2.18 bits per heavy atom. The average molecular weight is 303 g/mol. The molecular formula is C12H19BrN2O2. The standard InChI is InChI=1S/C12H19BrN2O2/c1-15(4-6-17-7-5-16)12-8-11(13)3-2-10(12)9-14/h2-3,8,16H,4-7,9,14H2,1H3. The Labute approximate surface area is 110 Å². The number of rotatable bonds is 7. The molecule has 1 rings (SSSR count). The second-order valence-electron chi connectivity index (χ2n) is 3.73. The molecule has 0 aliphatic carbocycles. The van der Waals surface area contributed by atoms with Crippen LogP contribution in [0.4, 0.5) is 5.69 Å². The Morgan fingerprint density at radius 1 is 1.41 bits per heavy atom. The highest BCUT2D eigenvalue weighted by Crippen LogP contribution is 2.23. The van der Waals surface area contributed by atoms with Crippen LogP contribution in [-0.4, -0.2) is 38.5 Å². The second-order valence-corrected chi connectivity index (χ2v) is 4.65. The zero-order valence-electron chi connectivity index (χ0n) is 10.0. The van der Waals surface area contributed by atoms with Crippen LogP contribution in [0, 0.1) is 0 Å². The van der Waals surface area contributed by atoms with E-state index in [1.807, 2.05) is 25.2 Å². The van der Waals surface area contributed by atoms with E-state index in [9.17, 15) is 0 Å². The molecule has 0 aliphatic heterocycles. The summed E-state index contributed by atoms with van der Waals surface area (Å²) in [6, 6.07) is 6.06. The van der Waals surface area contributed by atoms with Gasteiger partial charge in [0.15, 0.2) is 0 Å². The van der Waals surface area contributed by atoms with Crippen molar-refractivity contribution in [3.8, 4) is 0 Å². The summed E-state index contributed by atoms with van der Waals surface area (Å²) in [6.45, 7) is 2.33. The molecule has 0 unspecified atom stereocenters. The predicted octanol–water partition coefficient (Wildman–Crippen LogP) is 1.35. The van der Waals surface area contributed by atoms with E-state index >= 15 is 0 Å². The van der Waals surface area contributed by atoms with E-state index < -0.39 is 0 Å². The third kappa shape index (κ3) is 4.63. The van der Waals surface area contributed by atoms with Gasteiger partial charge in [0.1, 0.15) is 0 Å². The van der Waals surface area contributed by atoms with E-state index in [0.717, 1.165) is 22.3 Å². The first kappa shape index (κ1) is 14.4. The Hall–Kier alpha value is -0.620. The van der Waals surface area contributed by atoms with Gasteiger partial charge in [0.2, 0.25) is 0 Å².